The van der Waals surface area contributed by atoms with Crippen molar-refractivity contribution < 1.29 is 4.79 Å². The highest BCUT2D eigenvalue weighted by Crippen LogP contribution is 2.14. The lowest BCUT2D eigenvalue weighted by molar-refractivity contribution is -0.122. The third-order valence-electron chi connectivity index (χ3n) is 2.60. The van der Waals surface area contributed by atoms with Gasteiger partial charge in [0.15, 0.2) is 0 Å². The number of hydrogen-bond acceptors (Lipinski definition) is 4. The van der Waals surface area contributed by atoms with E-state index in [1.54, 1.807) is 23.5 Å². The molecule has 6 heteroatoms. The number of nitrogens with two attached hydrogens (primary N) is 1. The summed E-state index contributed by atoms with van der Waals surface area (Å²) in [5.74, 6) is 0.842. The zero-order valence-electron chi connectivity index (χ0n) is 11.2. The molecule has 0 aromatic heterocycles. The van der Waals surface area contributed by atoms with Crippen molar-refractivity contribution >= 4 is 41.8 Å². The normalized spacial score (nSPS) is 11.5. The van der Waals surface area contributed by atoms with Crippen LogP contribution < -0.4 is 11.1 Å². The van der Waals surface area contributed by atoms with E-state index in [-0.39, 0.29) is 18.3 Å². The van der Waals surface area contributed by atoms with E-state index in [1.807, 2.05) is 24.6 Å². The van der Waals surface area contributed by atoms with E-state index >= 15 is 0 Å². The van der Waals surface area contributed by atoms with Crippen molar-refractivity contribution in [1.82, 2.24) is 5.32 Å². The highest BCUT2D eigenvalue weighted by Gasteiger charge is 2.11. The van der Waals surface area contributed by atoms with Gasteiger partial charge in [0.25, 0.3) is 0 Å². The number of hydrogen-bond donors (Lipinski definition) is 2. The molecular weight excluding hydrogens is 300 g/mol. The number of rotatable bonds is 7. The van der Waals surface area contributed by atoms with Crippen molar-refractivity contribution in [3.05, 3.63) is 29.8 Å². The molecule has 1 aromatic carbocycles. The van der Waals surface area contributed by atoms with E-state index < -0.39 is 6.04 Å². The molecule has 19 heavy (non-hydrogen) atoms. The van der Waals surface area contributed by atoms with Gasteiger partial charge in [0, 0.05) is 11.4 Å². The van der Waals surface area contributed by atoms with Gasteiger partial charge >= 0.3 is 0 Å². The topological polar surface area (TPSA) is 55.1 Å². The second-order valence-electron chi connectivity index (χ2n) is 3.95. The lowest BCUT2D eigenvalue weighted by Crippen LogP contribution is -2.40. The molecule has 3 N–H and O–H groups in total. The van der Waals surface area contributed by atoms with Gasteiger partial charge in [0.05, 0.1) is 6.04 Å². The number of halogens is 1. The van der Waals surface area contributed by atoms with E-state index in [0.29, 0.717) is 6.54 Å². The summed E-state index contributed by atoms with van der Waals surface area (Å²) in [6.07, 6.45) is 4.78. The molecule has 0 aliphatic carbocycles. The SMILES string of the molecule is CSCC[C@H](N)C(=O)NCc1ccc(SC)cc1.Cl. The average molecular weight is 321 g/mol. The molecule has 0 fully saturated rings. The van der Waals surface area contributed by atoms with E-state index in [2.05, 4.69) is 17.4 Å². The van der Waals surface area contributed by atoms with E-state index in [1.165, 1.54) is 4.90 Å². The molecule has 1 atom stereocenters. The molecule has 0 heterocycles. The maximum Gasteiger partial charge on any atom is 0.237 e. The van der Waals surface area contributed by atoms with Crippen LogP contribution in [0.1, 0.15) is 12.0 Å². The van der Waals surface area contributed by atoms with Gasteiger partial charge in [-0.1, -0.05) is 12.1 Å². The van der Waals surface area contributed by atoms with E-state index in [4.69, 9.17) is 5.73 Å². The second kappa shape index (κ2) is 10.4. The van der Waals surface area contributed by atoms with Crippen LogP contribution in [-0.4, -0.2) is 30.2 Å². The molecule has 3 nitrogen and oxygen atoms in total. The van der Waals surface area contributed by atoms with Gasteiger partial charge < -0.3 is 11.1 Å². The minimum atomic E-state index is -0.400. The van der Waals surface area contributed by atoms with Crippen LogP contribution in [0.2, 0.25) is 0 Å². The number of nitrogens with one attached hydrogen (secondary N) is 1. The predicted molar refractivity (Wildman–Crippen MR) is 88.3 cm³/mol. The van der Waals surface area contributed by atoms with Crippen LogP contribution in [0.5, 0.6) is 0 Å². The van der Waals surface area contributed by atoms with Gasteiger partial charge in [-0.25, -0.2) is 0 Å². The van der Waals surface area contributed by atoms with Crippen molar-refractivity contribution in [3.8, 4) is 0 Å². The molecule has 0 aliphatic heterocycles. The second-order valence-corrected chi connectivity index (χ2v) is 5.82. The molecular formula is C13H21ClN2OS2. The third kappa shape index (κ3) is 7.11. The lowest BCUT2D eigenvalue weighted by Gasteiger charge is -2.11. The molecule has 0 unspecified atom stereocenters. The first-order chi connectivity index (χ1) is 8.67. The molecule has 1 rings (SSSR count). The van der Waals surface area contributed by atoms with Gasteiger partial charge in [-0.15, -0.1) is 24.2 Å². The maximum absolute atomic E-state index is 11.7. The highest BCUT2D eigenvalue weighted by molar-refractivity contribution is 7.98. The Morgan fingerprint density at radius 2 is 1.95 bits per heavy atom. The quantitative estimate of drug-likeness (QED) is 0.758. The zero-order chi connectivity index (χ0) is 13.4. The molecule has 0 aliphatic rings. The number of benzene rings is 1. The van der Waals surface area contributed by atoms with Crippen LogP contribution in [0.15, 0.2) is 29.2 Å². The summed E-state index contributed by atoms with van der Waals surface area (Å²) >= 11 is 3.41. The first-order valence-corrected chi connectivity index (χ1v) is 8.44. The maximum atomic E-state index is 11.7. The zero-order valence-corrected chi connectivity index (χ0v) is 13.7. The van der Waals surface area contributed by atoms with E-state index in [9.17, 15) is 4.79 Å². The van der Waals surface area contributed by atoms with Crippen LogP contribution >= 0.6 is 35.9 Å². The Balaban J connectivity index is 0.00000324. The first kappa shape index (κ1) is 18.6. The van der Waals surface area contributed by atoms with Crippen LogP contribution in [0, 0.1) is 0 Å². The third-order valence-corrected chi connectivity index (χ3v) is 3.98. The summed E-state index contributed by atoms with van der Waals surface area (Å²) in [6, 6.07) is 7.77. The van der Waals surface area contributed by atoms with Crippen molar-refractivity contribution in [2.75, 3.05) is 18.3 Å². The summed E-state index contributed by atoms with van der Waals surface area (Å²) in [5, 5.41) is 2.87. The highest BCUT2D eigenvalue weighted by atomic mass is 35.5. The summed E-state index contributed by atoms with van der Waals surface area (Å²) in [6.45, 7) is 0.542. The number of carbonyl (C=O) groups excluding carboxylic acids is 1. The summed E-state index contributed by atoms with van der Waals surface area (Å²) in [5.41, 5.74) is 6.88. The average Bonchev–Trinajstić information content (AvgIpc) is 2.42. The number of carbonyl (C=O) groups is 1. The Morgan fingerprint density at radius 3 is 2.47 bits per heavy atom. The van der Waals surface area contributed by atoms with Crippen molar-refractivity contribution in [3.63, 3.8) is 0 Å². The molecule has 1 amide bonds. The van der Waals surface area contributed by atoms with Crippen LogP contribution in [0.25, 0.3) is 0 Å². The van der Waals surface area contributed by atoms with Gasteiger partial charge in [-0.3, -0.25) is 4.79 Å². The van der Waals surface area contributed by atoms with Crippen molar-refractivity contribution in [1.29, 1.82) is 0 Å². The smallest absolute Gasteiger partial charge is 0.237 e. The molecule has 0 bridgehead atoms. The monoisotopic (exact) mass is 320 g/mol. The van der Waals surface area contributed by atoms with Crippen molar-refractivity contribution in [2.45, 2.75) is 23.9 Å². The molecule has 0 spiro atoms. The van der Waals surface area contributed by atoms with Crippen LogP contribution in [0.3, 0.4) is 0 Å². The lowest BCUT2D eigenvalue weighted by atomic mass is 10.2. The predicted octanol–water partition coefficient (Wildman–Crippen LogP) is 2.53. The first-order valence-electron chi connectivity index (χ1n) is 5.82. The molecule has 1 aromatic rings. The minimum absolute atomic E-state index is 0. The standard InChI is InChI=1S/C13H20N2OS2.ClH/c1-17-8-7-12(14)13(16)15-9-10-3-5-11(18-2)6-4-10;/h3-6,12H,7-9,14H2,1-2H3,(H,15,16);1H/t12-;/m0./s1. The fourth-order valence-corrected chi connectivity index (χ4v) is 2.34. The Kier molecular flexibility index (Phi) is 10.2. The van der Waals surface area contributed by atoms with Gasteiger partial charge in [0.2, 0.25) is 5.91 Å². The molecule has 0 saturated heterocycles. The summed E-state index contributed by atoms with van der Waals surface area (Å²) in [7, 11) is 0. The van der Waals surface area contributed by atoms with Crippen molar-refractivity contribution in [2.24, 2.45) is 5.73 Å². The van der Waals surface area contributed by atoms with Crippen LogP contribution in [0.4, 0.5) is 0 Å². The fourth-order valence-electron chi connectivity index (χ4n) is 1.44. The Labute approximate surface area is 129 Å². The Hall–Kier alpha value is -0.360. The Morgan fingerprint density at radius 1 is 1.32 bits per heavy atom. The Bertz CT molecular complexity index is 373. The molecule has 0 radical (unpaired) electrons. The molecule has 0 saturated carbocycles. The van der Waals surface area contributed by atoms with Gasteiger partial charge in [-0.05, 0) is 42.4 Å². The molecule has 108 valence electrons. The number of amides is 1. The largest absolute Gasteiger partial charge is 0.351 e. The summed E-state index contributed by atoms with van der Waals surface area (Å²) < 4.78 is 0. The number of thioether (sulfide) groups is 2. The minimum Gasteiger partial charge on any atom is -0.351 e. The van der Waals surface area contributed by atoms with Gasteiger partial charge in [0.1, 0.15) is 0 Å². The fraction of sp³-hybridized carbons (Fsp3) is 0.462. The summed E-state index contributed by atoms with van der Waals surface area (Å²) in [4.78, 5) is 12.9. The van der Waals surface area contributed by atoms with E-state index in [0.717, 1.165) is 17.7 Å². The van der Waals surface area contributed by atoms with Gasteiger partial charge in [-0.2, -0.15) is 11.8 Å². The van der Waals surface area contributed by atoms with Crippen LogP contribution in [-0.2, 0) is 11.3 Å².